The molecule has 3 aromatic rings. The van der Waals surface area contributed by atoms with Gasteiger partial charge >= 0.3 is 5.97 Å². The van der Waals surface area contributed by atoms with Crippen molar-refractivity contribution in [2.75, 3.05) is 18.3 Å². The number of allylic oxidation sites excluding steroid dienone is 2. The molecule has 3 aliphatic rings. The van der Waals surface area contributed by atoms with Gasteiger partial charge in [0, 0.05) is 39.4 Å². The summed E-state index contributed by atoms with van der Waals surface area (Å²) in [7, 11) is 0. The number of amides is 1. The maximum Gasteiger partial charge on any atom is 0.317 e. The molecule has 1 aliphatic carbocycles. The van der Waals surface area contributed by atoms with Gasteiger partial charge in [-0.3, -0.25) is 19.3 Å². The van der Waals surface area contributed by atoms with Crippen molar-refractivity contribution >= 4 is 46.3 Å². The number of ether oxygens (including phenoxy) is 3. The van der Waals surface area contributed by atoms with E-state index < -0.39 is 23.7 Å². The fourth-order valence-electron chi connectivity index (χ4n) is 5.74. The number of thiophene rings is 1. The zero-order valence-corrected chi connectivity index (χ0v) is 23.0. The van der Waals surface area contributed by atoms with E-state index in [1.807, 2.05) is 48.7 Å². The first-order chi connectivity index (χ1) is 18.9. The zero-order chi connectivity index (χ0) is 27.3. The Kier molecular flexibility index (Phi) is 6.69. The van der Waals surface area contributed by atoms with E-state index in [1.165, 1.54) is 11.3 Å². The number of carbonyl (C=O) groups excluding carboxylic acids is 3. The minimum atomic E-state index is -1.00. The predicted octanol–water partition coefficient (Wildman–Crippen LogP) is 6.15. The summed E-state index contributed by atoms with van der Waals surface area (Å²) in [6.07, 6.45) is 0.373. The number of esters is 1. The van der Waals surface area contributed by atoms with Crippen LogP contribution in [0.1, 0.15) is 47.6 Å². The number of carbonyl (C=O) groups is 3. The van der Waals surface area contributed by atoms with Gasteiger partial charge in [-0.25, -0.2) is 0 Å². The Labute approximate surface area is 234 Å². The molecule has 6 rings (SSSR count). The minimum Gasteiger partial charge on any atom is -0.465 e. The van der Waals surface area contributed by atoms with Crippen LogP contribution in [0.4, 0.5) is 5.69 Å². The molecule has 9 heteroatoms. The molecule has 0 saturated heterocycles. The van der Waals surface area contributed by atoms with E-state index in [-0.39, 0.29) is 31.5 Å². The third-order valence-corrected chi connectivity index (χ3v) is 8.99. The largest absolute Gasteiger partial charge is 0.465 e. The number of nitrogens with zero attached hydrogens (tertiary/aromatic N) is 1. The van der Waals surface area contributed by atoms with Crippen LogP contribution in [-0.2, 0) is 19.1 Å². The van der Waals surface area contributed by atoms with Crippen LogP contribution < -0.4 is 14.4 Å². The van der Waals surface area contributed by atoms with Gasteiger partial charge in [-0.15, -0.1) is 11.3 Å². The SMILES string of the molecule is CCOC(=O)[C@@H]1C(=O)C2=C(C[C@H]1c1cccs1)N(c1ccc(C)c(Cl)c1)C(=O)C[C@@H]2c1ccc2c(c1)OCO2. The van der Waals surface area contributed by atoms with Crippen LogP contribution in [0.3, 0.4) is 0 Å². The van der Waals surface area contributed by atoms with Crippen LogP contribution in [0.5, 0.6) is 11.5 Å². The highest BCUT2D eigenvalue weighted by Crippen LogP contribution is 2.51. The quantitative estimate of drug-likeness (QED) is 0.273. The van der Waals surface area contributed by atoms with Crippen molar-refractivity contribution in [3.05, 3.63) is 86.2 Å². The number of hydrogen-bond donors (Lipinski definition) is 0. The number of fused-ring (bicyclic) bond motifs is 1. The van der Waals surface area contributed by atoms with Gasteiger partial charge in [-0.05, 0) is 67.1 Å². The number of rotatable bonds is 5. The van der Waals surface area contributed by atoms with Crippen LogP contribution in [0.25, 0.3) is 0 Å². The molecule has 0 saturated carbocycles. The van der Waals surface area contributed by atoms with Gasteiger partial charge < -0.3 is 14.2 Å². The maximum atomic E-state index is 14.4. The molecule has 2 aromatic carbocycles. The number of anilines is 1. The predicted molar refractivity (Wildman–Crippen MR) is 147 cm³/mol. The summed E-state index contributed by atoms with van der Waals surface area (Å²) in [5.74, 6) is -1.83. The van der Waals surface area contributed by atoms with Gasteiger partial charge in [-0.1, -0.05) is 29.8 Å². The van der Waals surface area contributed by atoms with E-state index in [0.29, 0.717) is 39.9 Å². The highest BCUT2D eigenvalue weighted by molar-refractivity contribution is 7.10. The summed E-state index contributed by atoms with van der Waals surface area (Å²) in [5.41, 5.74) is 3.29. The van der Waals surface area contributed by atoms with E-state index in [1.54, 1.807) is 24.0 Å². The average molecular weight is 564 g/mol. The van der Waals surface area contributed by atoms with E-state index in [2.05, 4.69) is 0 Å². The number of halogens is 1. The molecule has 39 heavy (non-hydrogen) atoms. The second-order valence-electron chi connectivity index (χ2n) is 9.81. The third-order valence-electron chi connectivity index (χ3n) is 7.58. The number of aryl methyl sites for hydroxylation is 1. The summed E-state index contributed by atoms with van der Waals surface area (Å²) in [5, 5.41) is 2.45. The minimum absolute atomic E-state index is 0.0505. The maximum absolute atomic E-state index is 14.4. The number of hydrogen-bond acceptors (Lipinski definition) is 7. The van der Waals surface area contributed by atoms with Crippen molar-refractivity contribution in [2.24, 2.45) is 5.92 Å². The Hall–Kier alpha value is -3.62. The molecule has 1 aromatic heterocycles. The molecule has 200 valence electrons. The lowest BCUT2D eigenvalue weighted by Gasteiger charge is -2.42. The van der Waals surface area contributed by atoms with E-state index in [0.717, 1.165) is 16.0 Å². The fraction of sp³-hybridized carbons (Fsp3) is 0.300. The molecule has 1 amide bonds. The summed E-state index contributed by atoms with van der Waals surface area (Å²) in [6.45, 7) is 3.91. The highest BCUT2D eigenvalue weighted by atomic mass is 35.5. The van der Waals surface area contributed by atoms with Crippen molar-refractivity contribution in [3.8, 4) is 11.5 Å². The fourth-order valence-corrected chi connectivity index (χ4v) is 6.78. The monoisotopic (exact) mass is 563 g/mol. The molecule has 2 aliphatic heterocycles. The standard InChI is InChI=1S/C30H26ClNO6S/c1-3-36-30(35)28-20(25-5-4-10-39-25)13-22-27(29(28)34)19(17-7-9-23-24(11-17)38-15-37-23)14-26(33)32(22)18-8-6-16(2)21(31)12-18/h4-12,19-20,28H,3,13-15H2,1-2H3/t19-,20+,28+/m1/s1. The lowest BCUT2D eigenvalue weighted by molar-refractivity contribution is -0.152. The van der Waals surface area contributed by atoms with Crippen molar-refractivity contribution in [2.45, 2.75) is 38.5 Å². The topological polar surface area (TPSA) is 82.1 Å². The second-order valence-corrected chi connectivity index (χ2v) is 11.2. The van der Waals surface area contributed by atoms with Gasteiger partial charge in [-0.2, -0.15) is 0 Å². The van der Waals surface area contributed by atoms with Crippen molar-refractivity contribution in [1.82, 2.24) is 0 Å². The molecule has 3 heterocycles. The van der Waals surface area contributed by atoms with Gasteiger partial charge in [0.1, 0.15) is 5.92 Å². The molecule has 0 unspecified atom stereocenters. The molecule has 0 N–H and O–H groups in total. The molecule has 0 bridgehead atoms. The van der Waals surface area contributed by atoms with E-state index in [9.17, 15) is 14.4 Å². The lowest BCUT2D eigenvalue weighted by atomic mass is 9.69. The first kappa shape index (κ1) is 25.6. The van der Waals surface area contributed by atoms with Crippen molar-refractivity contribution in [3.63, 3.8) is 0 Å². The number of Topliss-reactive ketones (excluding diaryl/α,β-unsaturated/α-hetero) is 1. The van der Waals surface area contributed by atoms with Crippen molar-refractivity contribution in [1.29, 1.82) is 0 Å². The zero-order valence-electron chi connectivity index (χ0n) is 21.4. The molecular formula is C30H26ClNO6S. The number of benzene rings is 2. The van der Waals surface area contributed by atoms with E-state index >= 15 is 0 Å². The van der Waals surface area contributed by atoms with Gasteiger partial charge in [0.2, 0.25) is 12.7 Å². The molecule has 3 atom stereocenters. The summed E-state index contributed by atoms with van der Waals surface area (Å²) >= 11 is 7.95. The van der Waals surface area contributed by atoms with Crippen molar-refractivity contribution < 1.29 is 28.6 Å². The average Bonchev–Trinajstić information content (AvgIpc) is 3.62. The van der Waals surface area contributed by atoms with Crippen LogP contribution >= 0.6 is 22.9 Å². The van der Waals surface area contributed by atoms with Crippen LogP contribution in [0.15, 0.2) is 65.2 Å². The normalized spacial score (nSPS) is 22.2. The third kappa shape index (κ3) is 4.41. The van der Waals surface area contributed by atoms with Gasteiger partial charge in [0.05, 0.1) is 12.3 Å². The first-order valence-corrected chi connectivity index (χ1v) is 14.1. The number of ketones is 1. The van der Waals surface area contributed by atoms with Crippen LogP contribution in [-0.4, -0.2) is 31.1 Å². The van der Waals surface area contributed by atoms with Crippen LogP contribution in [0.2, 0.25) is 5.02 Å². The smallest absolute Gasteiger partial charge is 0.317 e. The highest BCUT2D eigenvalue weighted by Gasteiger charge is 2.50. The molecule has 7 nitrogen and oxygen atoms in total. The first-order valence-electron chi connectivity index (χ1n) is 12.8. The molecule has 0 spiro atoms. The molecule has 0 fully saturated rings. The Balaban J connectivity index is 1.55. The summed E-state index contributed by atoms with van der Waals surface area (Å²) in [4.78, 5) is 44.1. The molecular weight excluding hydrogens is 538 g/mol. The van der Waals surface area contributed by atoms with Gasteiger partial charge in [0.25, 0.3) is 0 Å². The Bertz CT molecular complexity index is 1510. The Morgan fingerprint density at radius 2 is 1.92 bits per heavy atom. The Morgan fingerprint density at radius 3 is 2.67 bits per heavy atom. The molecule has 0 radical (unpaired) electrons. The summed E-state index contributed by atoms with van der Waals surface area (Å²) in [6, 6.07) is 14.7. The Morgan fingerprint density at radius 1 is 1.10 bits per heavy atom. The summed E-state index contributed by atoms with van der Waals surface area (Å²) < 4.78 is 16.5. The van der Waals surface area contributed by atoms with Gasteiger partial charge in [0.15, 0.2) is 17.3 Å². The van der Waals surface area contributed by atoms with E-state index in [4.69, 9.17) is 25.8 Å². The second kappa shape index (κ2) is 10.2. The van der Waals surface area contributed by atoms with Crippen LogP contribution in [0, 0.1) is 12.8 Å². The lowest BCUT2D eigenvalue weighted by Crippen LogP contribution is -2.46.